The van der Waals surface area contributed by atoms with Crippen LogP contribution in [0.5, 0.6) is 5.75 Å². The molecule has 1 N–H and O–H groups in total. The van der Waals surface area contributed by atoms with Crippen molar-refractivity contribution in [1.82, 2.24) is 24.8 Å². The maximum atomic E-state index is 14.2. The molecule has 2 aliphatic heterocycles. The second kappa shape index (κ2) is 11.6. The van der Waals surface area contributed by atoms with Crippen LogP contribution in [0.4, 0.5) is 0 Å². The molecule has 10 nitrogen and oxygen atoms in total. The SMILES string of the molecule is CC(C)n1cc(COc2cccc3c2[C@@H](CN2Cc4ccccc4C2=O)N(C(=O)C2CCCCC2C(=O)O)CC3)nn1. The molecule has 10 heteroatoms. The Bertz CT molecular complexity index is 1500. The summed E-state index contributed by atoms with van der Waals surface area (Å²) < 4.78 is 8.13. The number of carboxylic acids is 1. The van der Waals surface area contributed by atoms with Crippen LogP contribution >= 0.6 is 0 Å². The van der Waals surface area contributed by atoms with Crippen LogP contribution in [0, 0.1) is 11.8 Å². The molecule has 1 aromatic heterocycles. The van der Waals surface area contributed by atoms with E-state index in [0.717, 1.165) is 29.5 Å². The third kappa shape index (κ3) is 5.26. The largest absolute Gasteiger partial charge is 0.487 e. The van der Waals surface area contributed by atoms with Gasteiger partial charge in [0.2, 0.25) is 5.91 Å². The highest BCUT2D eigenvalue weighted by molar-refractivity contribution is 5.98. The highest BCUT2D eigenvalue weighted by atomic mass is 16.5. The number of hydrogen-bond donors (Lipinski definition) is 1. The summed E-state index contributed by atoms with van der Waals surface area (Å²) in [5.74, 6) is -1.75. The normalized spacial score (nSPS) is 21.8. The molecule has 6 rings (SSSR count). The highest BCUT2D eigenvalue weighted by Gasteiger charge is 2.43. The Morgan fingerprint density at radius 2 is 1.81 bits per heavy atom. The summed E-state index contributed by atoms with van der Waals surface area (Å²) in [6, 6.07) is 13.2. The number of carbonyl (C=O) groups excluding carboxylic acids is 2. The Labute approximate surface area is 245 Å². The van der Waals surface area contributed by atoms with Gasteiger partial charge in [-0.3, -0.25) is 14.4 Å². The Morgan fingerprint density at radius 3 is 2.55 bits per heavy atom. The van der Waals surface area contributed by atoms with Gasteiger partial charge in [0.25, 0.3) is 5.91 Å². The molecule has 0 spiro atoms. The van der Waals surface area contributed by atoms with Gasteiger partial charge in [0.1, 0.15) is 18.1 Å². The average Bonchev–Trinajstić information content (AvgIpc) is 3.60. The first-order valence-corrected chi connectivity index (χ1v) is 14.9. The van der Waals surface area contributed by atoms with Crippen LogP contribution in [0.1, 0.15) is 84.4 Å². The zero-order valence-corrected chi connectivity index (χ0v) is 24.1. The summed E-state index contributed by atoms with van der Waals surface area (Å²) in [7, 11) is 0. The summed E-state index contributed by atoms with van der Waals surface area (Å²) >= 11 is 0. The van der Waals surface area contributed by atoms with E-state index in [0.29, 0.717) is 55.9 Å². The Balaban J connectivity index is 1.34. The predicted octanol–water partition coefficient (Wildman–Crippen LogP) is 4.41. The van der Waals surface area contributed by atoms with Crippen molar-refractivity contribution in [2.45, 2.75) is 71.2 Å². The van der Waals surface area contributed by atoms with Crippen LogP contribution in [0.25, 0.3) is 0 Å². The lowest BCUT2D eigenvalue weighted by Gasteiger charge is -2.42. The second-order valence-corrected chi connectivity index (χ2v) is 11.9. The van der Waals surface area contributed by atoms with Crippen molar-refractivity contribution < 1.29 is 24.2 Å². The monoisotopic (exact) mass is 571 g/mol. The van der Waals surface area contributed by atoms with Crippen LogP contribution in [0.15, 0.2) is 48.7 Å². The minimum atomic E-state index is -0.911. The molecule has 1 saturated carbocycles. The second-order valence-electron chi connectivity index (χ2n) is 11.9. The molecule has 0 radical (unpaired) electrons. The highest BCUT2D eigenvalue weighted by Crippen LogP contribution is 2.41. The summed E-state index contributed by atoms with van der Waals surface area (Å²) in [4.78, 5) is 43.4. The first-order valence-electron chi connectivity index (χ1n) is 14.9. The quantitative estimate of drug-likeness (QED) is 0.426. The molecule has 0 saturated heterocycles. The maximum absolute atomic E-state index is 14.2. The number of ether oxygens (including phenoxy) is 1. The molecule has 3 aromatic rings. The van der Waals surface area contributed by atoms with Crippen molar-refractivity contribution in [3.05, 3.63) is 76.6 Å². The topological polar surface area (TPSA) is 118 Å². The summed E-state index contributed by atoms with van der Waals surface area (Å²) in [6.07, 6.45) is 5.20. The van der Waals surface area contributed by atoms with Crippen LogP contribution in [0.3, 0.4) is 0 Å². The molecule has 42 heavy (non-hydrogen) atoms. The fourth-order valence-electron chi connectivity index (χ4n) is 6.71. The van der Waals surface area contributed by atoms with Gasteiger partial charge in [-0.25, -0.2) is 4.68 Å². The standard InChI is InChI=1S/C32H37N5O5/c1-20(2)37-17-23(33-34-37)19-42-28-13-7-9-21-14-15-36(31(39)25-11-5-6-12-26(25)32(40)41)27(29(21)28)18-35-16-22-8-3-4-10-24(22)30(35)38/h3-4,7-10,13,17,20,25-27H,5-6,11-12,14-16,18-19H2,1-2H3,(H,40,41)/t25?,26?,27-/m1/s1. The molecule has 2 amide bonds. The molecule has 3 heterocycles. The third-order valence-electron chi connectivity index (χ3n) is 8.92. The molecule has 1 fully saturated rings. The third-order valence-corrected chi connectivity index (χ3v) is 8.92. The van der Waals surface area contributed by atoms with Crippen LogP contribution in [-0.2, 0) is 29.2 Å². The molecule has 0 bridgehead atoms. The van der Waals surface area contributed by atoms with Crippen LogP contribution in [0.2, 0.25) is 0 Å². The Morgan fingerprint density at radius 1 is 1.05 bits per heavy atom. The van der Waals surface area contributed by atoms with Gasteiger partial charge in [-0.2, -0.15) is 0 Å². The molecule has 220 valence electrons. The minimum absolute atomic E-state index is 0.0603. The number of aromatic nitrogens is 3. The van der Waals surface area contributed by atoms with E-state index >= 15 is 0 Å². The summed E-state index contributed by atoms with van der Waals surface area (Å²) in [5.41, 5.74) is 4.28. The summed E-state index contributed by atoms with van der Waals surface area (Å²) in [6.45, 7) is 5.48. The number of nitrogens with zero attached hydrogens (tertiary/aromatic N) is 5. The maximum Gasteiger partial charge on any atom is 0.307 e. The Hall–Kier alpha value is -4.21. The van der Waals surface area contributed by atoms with E-state index < -0.39 is 23.8 Å². The Kier molecular flexibility index (Phi) is 7.70. The fraction of sp³-hybridized carbons (Fsp3) is 0.469. The van der Waals surface area contributed by atoms with Gasteiger partial charge in [-0.1, -0.05) is 48.4 Å². The zero-order chi connectivity index (χ0) is 29.4. The van der Waals surface area contributed by atoms with Gasteiger partial charge < -0.3 is 19.6 Å². The van der Waals surface area contributed by atoms with E-state index in [9.17, 15) is 19.5 Å². The lowest BCUT2D eigenvalue weighted by atomic mass is 9.77. The van der Waals surface area contributed by atoms with E-state index in [-0.39, 0.29) is 24.5 Å². The van der Waals surface area contributed by atoms with Crippen LogP contribution < -0.4 is 4.74 Å². The van der Waals surface area contributed by atoms with E-state index in [2.05, 4.69) is 10.3 Å². The lowest BCUT2D eigenvalue weighted by molar-refractivity contribution is -0.153. The first-order chi connectivity index (χ1) is 20.3. The van der Waals surface area contributed by atoms with Crippen molar-refractivity contribution in [1.29, 1.82) is 0 Å². The van der Waals surface area contributed by atoms with Crippen LogP contribution in [-0.4, -0.2) is 60.8 Å². The summed E-state index contributed by atoms with van der Waals surface area (Å²) in [5, 5.41) is 18.4. The first kappa shape index (κ1) is 27.9. The van der Waals surface area contributed by atoms with Crippen molar-refractivity contribution >= 4 is 17.8 Å². The molecule has 2 unspecified atom stereocenters. The van der Waals surface area contributed by atoms with E-state index in [1.807, 2.05) is 67.4 Å². The van der Waals surface area contributed by atoms with Gasteiger partial charge in [-0.05, 0) is 56.4 Å². The van der Waals surface area contributed by atoms with E-state index in [4.69, 9.17) is 4.74 Å². The number of hydrogen-bond acceptors (Lipinski definition) is 6. The van der Waals surface area contributed by atoms with Crippen molar-refractivity contribution in [3.8, 4) is 5.75 Å². The number of carboxylic acid groups (broad SMARTS) is 1. The minimum Gasteiger partial charge on any atom is -0.487 e. The molecular weight excluding hydrogens is 534 g/mol. The van der Waals surface area contributed by atoms with Gasteiger partial charge in [-0.15, -0.1) is 5.10 Å². The number of amides is 2. The van der Waals surface area contributed by atoms with Crippen molar-refractivity contribution in [2.75, 3.05) is 13.1 Å². The molecule has 2 aromatic carbocycles. The number of aliphatic carboxylic acids is 1. The molecule has 3 aliphatic rings. The van der Waals surface area contributed by atoms with Gasteiger partial charge in [0, 0.05) is 36.8 Å². The van der Waals surface area contributed by atoms with Crippen molar-refractivity contribution in [2.24, 2.45) is 11.8 Å². The van der Waals surface area contributed by atoms with Crippen molar-refractivity contribution in [3.63, 3.8) is 0 Å². The van der Waals surface area contributed by atoms with Gasteiger partial charge >= 0.3 is 5.97 Å². The molecule has 3 atom stereocenters. The smallest absolute Gasteiger partial charge is 0.307 e. The van der Waals surface area contributed by atoms with Gasteiger partial charge in [0.05, 0.1) is 24.1 Å². The number of benzene rings is 2. The van der Waals surface area contributed by atoms with Gasteiger partial charge in [0.15, 0.2) is 0 Å². The number of rotatable bonds is 8. The lowest BCUT2D eigenvalue weighted by Crippen LogP contribution is -2.49. The average molecular weight is 572 g/mol. The molecular formula is C32H37N5O5. The molecule has 1 aliphatic carbocycles. The van der Waals surface area contributed by atoms with E-state index in [1.54, 1.807) is 9.58 Å². The number of fused-ring (bicyclic) bond motifs is 2. The van der Waals surface area contributed by atoms with E-state index in [1.165, 1.54) is 0 Å². The number of carbonyl (C=O) groups is 3. The fourth-order valence-corrected chi connectivity index (χ4v) is 6.71. The predicted molar refractivity (Wildman–Crippen MR) is 154 cm³/mol. The zero-order valence-electron chi connectivity index (χ0n) is 24.1.